The molecule has 2 rings (SSSR count). The number of pyridine rings is 1. The fourth-order valence-corrected chi connectivity index (χ4v) is 2.95. The Hall–Kier alpha value is -2.39. The van der Waals surface area contributed by atoms with Gasteiger partial charge in [-0.1, -0.05) is 15.9 Å². The molecular weight excluding hydrogens is 370 g/mol. The van der Waals surface area contributed by atoms with Gasteiger partial charge in [0.15, 0.2) is 0 Å². The summed E-state index contributed by atoms with van der Waals surface area (Å²) in [6.45, 7) is 7.22. The van der Waals surface area contributed by atoms with Crippen LogP contribution in [0.15, 0.2) is 27.5 Å². The maximum absolute atomic E-state index is 12.4. The number of benzene rings is 1. The molecule has 1 aromatic carbocycles. The number of hydrogen-bond donors (Lipinski definition) is 1. The highest BCUT2D eigenvalue weighted by Gasteiger charge is 2.14. The molecule has 0 fully saturated rings. The second-order valence-corrected chi connectivity index (χ2v) is 6.59. The minimum atomic E-state index is -0.436. The standard InChI is InChI=1S/C18H18BrN3O2/c1-10-7-11(2)22(18(24)14(10)8-20)9-17(23)21-16-6-5-15(19)12(3)13(16)4/h5-7H,9H2,1-4H3,(H,21,23). The number of carbonyl (C=O) groups is 1. The summed E-state index contributed by atoms with van der Waals surface area (Å²) in [7, 11) is 0. The van der Waals surface area contributed by atoms with Crippen LogP contribution in [0, 0.1) is 39.0 Å². The molecule has 1 heterocycles. The van der Waals surface area contributed by atoms with E-state index in [1.807, 2.05) is 32.0 Å². The van der Waals surface area contributed by atoms with Crippen molar-refractivity contribution in [3.63, 3.8) is 0 Å². The summed E-state index contributed by atoms with van der Waals surface area (Å²) in [5, 5.41) is 11.9. The zero-order chi connectivity index (χ0) is 18.0. The number of aryl methyl sites for hydroxylation is 2. The number of halogens is 1. The van der Waals surface area contributed by atoms with Gasteiger partial charge in [0, 0.05) is 15.9 Å². The van der Waals surface area contributed by atoms with Crippen LogP contribution in [0.1, 0.15) is 27.9 Å². The number of hydrogen-bond acceptors (Lipinski definition) is 3. The average molecular weight is 388 g/mol. The average Bonchev–Trinajstić information content (AvgIpc) is 2.52. The fourth-order valence-electron chi connectivity index (χ4n) is 2.52. The van der Waals surface area contributed by atoms with E-state index in [1.54, 1.807) is 19.9 Å². The summed E-state index contributed by atoms with van der Waals surface area (Å²) in [5.74, 6) is -0.308. The van der Waals surface area contributed by atoms with Gasteiger partial charge in [0.1, 0.15) is 18.2 Å². The lowest BCUT2D eigenvalue weighted by molar-refractivity contribution is -0.116. The van der Waals surface area contributed by atoms with Crippen molar-refractivity contribution in [1.29, 1.82) is 5.26 Å². The zero-order valence-corrected chi connectivity index (χ0v) is 15.6. The predicted molar refractivity (Wildman–Crippen MR) is 97.1 cm³/mol. The summed E-state index contributed by atoms with van der Waals surface area (Å²) in [4.78, 5) is 24.7. The van der Waals surface area contributed by atoms with E-state index in [-0.39, 0.29) is 18.0 Å². The Bertz CT molecular complexity index is 923. The van der Waals surface area contributed by atoms with Crippen molar-refractivity contribution in [3.8, 4) is 6.07 Å². The van der Waals surface area contributed by atoms with Crippen molar-refractivity contribution in [2.45, 2.75) is 34.2 Å². The van der Waals surface area contributed by atoms with Gasteiger partial charge in [0.25, 0.3) is 5.56 Å². The number of aromatic nitrogens is 1. The van der Waals surface area contributed by atoms with E-state index < -0.39 is 5.56 Å². The van der Waals surface area contributed by atoms with E-state index in [9.17, 15) is 9.59 Å². The molecule has 0 bridgehead atoms. The number of nitrogens with one attached hydrogen (secondary N) is 1. The molecular formula is C18H18BrN3O2. The lowest BCUT2D eigenvalue weighted by Crippen LogP contribution is -2.31. The third-order valence-corrected chi connectivity index (χ3v) is 4.97. The van der Waals surface area contributed by atoms with Gasteiger partial charge >= 0.3 is 0 Å². The van der Waals surface area contributed by atoms with Gasteiger partial charge < -0.3 is 9.88 Å². The van der Waals surface area contributed by atoms with Gasteiger partial charge in [-0.2, -0.15) is 5.26 Å². The Kier molecular flexibility index (Phi) is 5.25. The van der Waals surface area contributed by atoms with E-state index >= 15 is 0 Å². The van der Waals surface area contributed by atoms with Gasteiger partial charge in [-0.25, -0.2) is 0 Å². The summed E-state index contributed by atoms with van der Waals surface area (Å²) < 4.78 is 2.30. The van der Waals surface area contributed by atoms with Crippen LogP contribution in [0.4, 0.5) is 5.69 Å². The molecule has 1 N–H and O–H groups in total. The Labute approximate surface area is 149 Å². The molecule has 0 aliphatic carbocycles. The monoisotopic (exact) mass is 387 g/mol. The highest BCUT2D eigenvalue weighted by Crippen LogP contribution is 2.25. The minimum absolute atomic E-state index is 0.0732. The van der Waals surface area contributed by atoms with Crippen LogP contribution in [-0.4, -0.2) is 10.5 Å². The first-order valence-corrected chi connectivity index (χ1v) is 8.22. The number of nitriles is 1. The Morgan fingerprint density at radius 1 is 1.25 bits per heavy atom. The smallest absolute Gasteiger partial charge is 0.269 e. The Morgan fingerprint density at radius 2 is 1.92 bits per heavy atom. The first-order chi connectivity index (χ1) is 11.3. The topological polar surface area (TPSA) is 74.9 Å². The molecule has 1 aromatic heterocycles. The summed E-state index contributed by atoms with van der Waals surface area (Å²) >= 11 is 3.45. The van der Waals surface area contributed by atoms with Crippen molar-refractivity contribution in [3.05, 3.63) is 61.0 Å². The number of amides is 1. The van der Waals surface area contributed by atoms with Crippen LogP contribution >= 0.6 is 15.9 Å². The first kappa shape index (κ1) is 18.0. The van der Waals surface area contributed by atoms with Gasteiger partial charge in [-0.3, -0.25) is 9.59 Å². The maximum atomic E-state index is 12.4. The number of anilines is 1. The summed E-state index contributed by atoms with van der Waals surface area (Å²) in [6.07, 6.45) is 0. The van der Waals surface area contributed by atoms with E-state index in [4.69, 9.17) is 5.26 Å². The minimum Gasteiger partial charge on any atom is -0.324 e. The highest BCUT2D eigenvalue weighted by molar-refractivity contribution is 9.10. The van der Waals surface area contributed by atoms with Crippen LogP contribution in [0.25, 0.3) is 0 Å². The largest absolute Gasteiger partial charge is 0.324 e. The highest BCUT2D eigenvalue weighted by atomic mass is 79.9. The Balaban J connectivity index is 2.31. The number of rotatable bonds is 3. The molecule has 0 atom stereocenters. The molecule has 0 saturated carbocycles. The predicted octanol–water partition coefficient (Wildman–Crippen LogP) is 3.35. The van der Waals surface area contributed by atoms with Crippen LogP contribution in [0.3, 0.4) is 0 Å². The second-order valence-electron chi connectivity index (χ2n) is 5.74. The molecule has 0 unspecified atom stereocenters. The van der Waals surface area contributed by atoms with Crippen molar-refractivity contribution in [1.82, 2.24) is 4.57 Å². The molecule has 5 nitrogen and oxygen atoms in total. The van der Waals surface area contributed by atoms with Crippen molar-refractivity contribution >= 4 is 27.5 Å². The first-order valence-electron chi connectivity index (χ1n) is 7.43. The van der Waals surface area contributed by atoms with Gasteiger partial charge in [0.05, 0.1) is 0 Å². The number of nitrogens with zero attached hydrogens (tertiary/aromatic N) is 2. The van der Waals surface area contributed by atoms with E-state index in [1.165, 1.54) is 4.57 Å². The lowest BCUT2D eigenvalue weighted by Gasteiger charge is -2.14. The molecule has 0 saturated heterocycles. The third-order valence-electron chi connectivity index (χ3n) is 4.11. The molecule has 0 radical (unpaired) electrons. The zero-order valence-electron chi connectivity index (χ0n) is 14.0. The van der Waals surface area contributed by atoms with Crippen molar-refractivity contribution in [2.75, 3.05) is 5.32 Å². The number of carbonyl (C=O) groups excluding carboxylic acids is 1. The van der Waals surface area contributed by atoms with Crippen LogP contribution in [0.5, 0.6) is 0 Å². The van der Waals surface area contributed by atoms with Crippen LogP contribution in [-0.2, 0) is 11.3 Å². The quantitative estimate of drug-likeness (QED) is 0.876. The van der Waals surface area contributed by atoms with Gasteiger partial charge in [-0.05, 0) is 62.6 Å². The van der Waals surface area contributed by atoms with Crippen molar-refractivity contribution in [2.24, 2.45) is 0 Å². The lowest BCUT2D eigenvalue weighted by atomic mass is 10.1. The van der Waals surface area contributed by atoms with E-state index in [0.717, 1.165) is 15.6 Å². The molecule has 1 amide bonds. The third kappa shape index (κ3) is 3.41. The molecule has 0 aliphatic rings. The summed E-state index contributed by atoms with van der Waals surface area (Å²) in [6, 6.07) is 7.33. The molecule has 6 heteroatoms. The summed E-state index contributed by atoms with van der Waals surface area (Å²) in [5.41, 5.74) is 3.62. The SMILES string of the molecule is Cc1cc(C)n(CC(=O)Nc2ccc(Br)c(C)c2C)c(=O)c1C#N. The Morgan fingerprint density at radius 3 is 2.54 bits per heavy atom. The second kappa shape index (κ2) is 7.02. The van der Waals surface area contributed by atoms with Crippen LogP contribution in [0.2, 0.25) is 0 Å². The normalized spacial score (nSPS) is 10.3. The van der Waals surface area contributed by atoms with E-state index in [2.05, 4.69) is 21.2 Å². The van der Waals surface area contributed by atoms with Gasteiger partial charge in [0.2, 0.25) is 5.91 Å². The van der Waals surface area contributed by atoms with Gasteiger partial charge in [-0.15, -0.1) is 0 Å². The molecule has 0 spiro atoms. The molecule has 124 valence electrons. The fraction of sp³-hybridized carbons (Fsp3) is 0.278. The molecule has 0 aliphatic heterocycles. The maximum Gasteiger partial charge on any atom is 0.269 e. The molecule has 24 heavy (non-hydrogen) atoms. The van der Waals surface area contributed by atoms with Crippen LogP contribution < -0.4 is 10.9 Å². The van der Waals surface area contributed by atoms with E-state index in [0.29, 0.717) is 16.9 Å². The molecule has 2 aromatic rings. The van der Waals surface area contributed by atoms with Crippen molar-refractivity contribution < 1.29 is 4.79 Å².